The van der Waals surface area contributed by atoms with E-state index in [0.29, 0.717) is 33.4 Å². The second-order valence-electron chi connectivity index (χ2n) is 27.3. The van der Waals surface area contributed by atoms with Crippen LogP contribution in [-0.2, 0) is 72.4 Å². The molecule has 0 unspecified atom stereocenters. The number of aromatic nitrogens is 14. The van der Waals surface area contributed by atoms with E-state index in [4.69, 9.17) is 40.6 Å². The summed E-state index contributed by atoms with van der Waals surface area (Å²) in [6, 6.07) is 46.6. The van der Waals surface area contributed by atoms with E-state index < -0.39 is 0 Å². The highest BCUT2D eigenvalue weighted by Gasteiger charge is 2.30. The molecule has 7 aliphatic rings. The third-order valence-electron chi connectivity index (χ3n) is 20.2. The number of imidazole rings is 1. The molecular formula is C81H81BrCl3N23O3. The van der Waals surface area contributed by atoms with Gasteiger partial charge in [-0.2, -0.15) is 10.2 Å². The van der Waals surface area contributed by atoms with Crippen LogP contribution in [0.15, 0.2) is 211 Å². The van der Waals surface area contributed by atoms with Gasteiger partial charge in [-0.05, 0) is 150 Å². The number of hydrogen-bond donors (Lipinski definition) is 5. The standard InChI is InChI=1S/C26H24ClN9.C17H16Cl2N6.C12H11N3O.C9H11N3O.C9H10.C8H9BrN2O/c1-33-24(7-9-29-33)30-23-14-19(20(27)15-28-23)18-13-22-25-31-32-26(36(25)11-4-10-34(22)16-18)35-12-8-17-5-2-3-6-21(17)35;1-24-16(3-5-22-24)23-15-8-12(13(18)9-21-15)11-7-14-17(19)20-4-2-6-25(14)10-11;16-12(14-8-6-13-9-14)15-7-5-10-3-1-2-4-11(10)15;10-11-9(13)12-6-5-7-3-1-2-4-8(7)12;1-2-5-9-7-3-6-8(9)4-1;9-6-4-7-8(12)10-2-1-3-11(7)5-6/h2-3,5-7,9,13-16H,4,8,10-12H2,1H3,(H,28,30);3,5,7-10H,2,4,6H2,1H3,(H,21,23);1-4,6,8-9H,5,7H2;1-4H,5-6,10H2,(H,11,13);1-2,4-5H,3,6-7H2;4-5H,1-3H2,(H,10,12). The molecule has 6 N–H and O–H groups in total. The van der Waals surface area contributed by atoms with E-state index in [0.717, 1.165) is 169 Å². The van der Waals surface area contributed by atoms with Gasteiger partial charge in [0.2, 0.25) is 5.95 Å². The lowest BCUT2D eigenvalue weighted by Crippen LogP contribution is -2.42. The van der Waals surface area contributed by atoms with Crippen molar-refractivity contribution in [3.8, 4) is 33.8 Å². The maximum absolute atomic E-state index is 12.1. The number of pyridine rings is 2. The number of urea groups is 1. The predicted octanol–water partition coefficient (Wildman–Crippen LogP) is 15.2. The van der Waals surface area contributed by atoms with Crippen LogP contribution in [0.5, 0.6) is 0 Å². The summed E-state index contributed by atoms with van der Waals surface area (Å²) >= 11 is 22.7. The minimum Gasteiger partial charge on any atom is -0.351 e. The van der Waals surface area contributed by atoms with Crippen LogP contribution in [-0.4, -0.2) is 123 Å². The van der Waals surface area contributed by atoms with E-state index in [1.807, 2.05) is 104 Å². The van der Waals surface area contributed by atoms with Crippen molar-refractivity contribution in [3.05, 3.63) is 255 Å². The summed E-state index contributed by atoms with van der Waals surface area (Å²) in [6.07, 6.45) is 27.6. The molecule has 30 heteroatoms. The molecule has 6 aliphatic heterocycles. The molecule has 4 amide bonds. The Labute approximate surface area is 664 Å². The van der Waals surface area contributed by atoms with Crippen molar-refractivity contribution in [2.75, 3.05) is 58.1 Å². The van der Waals surface area contributed by atoms with Crippen LogP contribution in [0.25, 0.3) is 33.8 Å². The molecule has 4 aromatic carbocycles. The summed E-state index contributed by atoms with van der Waals surface area (Å²) in [5.74, 6) is 10.0. The Kier molecular flexibility index (Phi) is 23.0. The first-order chi connectivity index (χ1) is 54.2. The first-order valence-corrected chi connectivity index (χ1v) is 38.8. The summed E-state index contributed by atoms with van der Waals surface area (Å²) in [4.78, 5) is 57.5. The third kappa shape index (κ3) is 16.8. The first-order valence-electron chi connectivity index (χ1n) is 36.9. The van der Waals surface area contributed by atoms with Crippen molar-refractivity contribution < 1.29 is 14.4 Å². The van der Waals surface area contributed by atoms with Gasteiger partial charge in [0.25, 0.3) is 5.91 Å². The molecule has 0 saturated carbocycles. The second-order valence-corrected chi connectivity index (χ2v) is 29.3. The van der Waals surface area contributed by atoms with Gasteiger partial charge < -0.3 is 34.6 Å². The van der Waals surface area contributed by atoms with Crippen LogP contribution >= 0.6 is 50.7 Å². The third-order valence-corrected chi connectivity index (χ3v) is 21.6. The number of benzene rings is 4. The van der Waals surface area contributed by atoms with Crippen molar-refractivity contribution in [1.29, 1.82) is 0 Å². The van der Waals surface area contributed by atoms with Crippen LogP contribution in [0.4, 0.5) is 55.9 Å². The number of hydrazine groups is 1. The predicted molar refractivity (Wildman–Crippen MR) is 439 cm³/mol. The Balaban J connectivity index is 0.000000113. The number of hydrogen-bond acceptors (Lipinski definition) is 15. The molecule has 13 aromatic rings. The SMILES string of the molecule is Cn1nccc1Nc1cc(-c2cc3n(c2)CCCN=C3Cl)c(Cl)cn1.Cn1nccc1Nc1cc(-c2cc3n(c2)CCCn2c-3nnc2N2CCc3ccccc32)c(Cl)cn1.NNC(=O)N1CCc2ccccc21.O=C(N1CCc2ccccc21)n1ccnc1.O=C1NCCCn2cc(Br)cc21.c1ccc2c(c1)CCC2. The van der Waals surface area contributed by atoms with Crippen molar-refractivity contribution >= 4 is 120 Å². The van der Waals surface area contributed by atoms with Crippen LogP contribution in [0, 0.1) is 0 Å². The fourth-order valence-electron chi connectivity index (χ4n) is 14.7. The summed E-state index contributed by atoms with van der Waals surface area (Å²) in [6.45, 7) is 7.49. The molecule has 0 saturated heterocycles. The number of anilines is 8. The topological polar surface area (TPSA) is 272 Å². The van der Waals surface area contributed by atoms with E-state index in [9.17, 15) is 14.4 Å². The highest BCUT2D eigenvalue weighted by Crippen LogP contribution is 2.40. The molecule has 0 atom stereocenters. The van der Waals surface area contributed by atoms with Gasteiger partial charge in [-0.1, -0.05) is 114 Å². The largest absolute Gasteiger partial charge is 0.351 e. The number of carbonyl (C=O) groups excluding carboxylic acids is 3. The highest BCUT2D eigenvalue weighted by atomic mass is 79.9. The minimum atomic E-state index is -0.245. The van der Waals surface area contributed by atoms with Gasteiger partial charge in [-0.25, -0.2) is 30.4 Å². The average Bonchev–Trinajstić information content (AvgIpc) is 1.60. The molecule has 9 aromatic heterocycles. The van der Waals surface area contributed by atoms with Gasteiger partial charge in [0.15, 0.2) is 5.82 Å². The molecule has 15 heterocycles. The fraction of sp³-hybridized carbons (Fsp3) is 0.247. The number of aryl methyl sites for hydroxylation is 7. The molecule has 26 nitrogen and oxygen atoms in total. The number of halogens is 4. The van der Waals surface area contributed by atoms with Crippen molar-refractivity contribution in [3.63, 3.8) is 0 Å². The maximum Gasteiger partial charge on any atom is 0.336 e. The summed E-state index contributed by atoms with van der Waals surface area (Å²) in [5, 5.41) is 28.8. The molecule has 0 fully saturated rings. The number of amides is 4. The smallest absolute Gasteiger partial charge is 0.336 e. The van der Waals surface area contributed by atoms with E-state index >= 15 is 0 Å². The van der Waals surface area contributed by atoms with Gasteiger partial charge in [-0.3, -0.25) is 43.5 Å². The molecule has 0 bridgehead atoms. The van der Waals surface area contributed by atoms with Gasteiger partial charge in [0, 0.05) is 172 Å². The molecular weight excluding hydrogens is 1530 g/mol. The minimum absolute atomic E-state index is 0.0261. The zero-order valence-electron chi connectivity index (χ0n) is 61.1. The zero-order chi connectivity index (χ0) is 76.5. The number of nitrogens with zero attached hydrogens (tertiary/aromatic N) is 18. The van der Waals surface area contributed by atoms with E-state index in [1.54, 1.807) is 67.5 Å². The number of nitrogens with two attached hydrogens (primary N) is 1. The quantitative estimate of drug-likeness (QED) is 0.0564. The number of nitrogens with one attached hydrogen (secondary N) is 4. The van der Waals surface area contributed by atoms with Crippen molar-refractivity contribution in [2.24, 2.45) is 24.9 Å². The maximum atomic E-state index is 12.1. The molecule has 1 aliphatic carbocycles. The Morgan fingerprint density at radius 2 is 1.10 bits per heavy atom. The monoisotopic (exact) mass is 1610 g/mol. The molecule has 566 valence electrons. The average molecular weight is 1610 g/mol. The summed E-state index contributed by atoms with van der Waals surface area (Å²) in [7, 11) is 3.75. The molecule has 20 rings (SSSR count). The number of rotatable bonds is 7. The Hall–Kier alpha value is -11.6. The van der Waals surface area contributed by atoms with Crippen molar-refractivity contribution in [2.45, 2.75) is 84.0 Å². The van der Waals surface area contributed by atoms with Gasteiger partial charge in [0.1, 0.15) is 40.5 Å². The van der Waals surface area contributed by atoms with Gasteiger partial charge in [0.05, 0.1) is 33.8 Å². The molecule has 0 radical (unpaired) electrons. The van der Waals surface area contributed by atoms with E-state index in [-0.39, 0.29) is 18.0 Å². The van der Waals surface area contributed by atoms with Gasteiger partial charge in [-0.15, -0.1) is 10.2 Å². The number of para-hydroxylation sites is 3. The summed E-state index contributed by atoms with van der Waals surface area (Å²) < 4.78 is 14.6. The Morgan fingerprint density at radius 3 is 1.71 bits per heavy atom. The fourth-order valence-corrected chi connectivity index (χ4v) is 15.8. The zero-order valence-corrected chi connectivity index (χ0v) is 65.0. The summed E-state index contributed by atoms with van der Waals surface area (Å²) in [5.41, 5.74) is 18.8. The Bertz CT molecular complexity index is 5520. The number of carbonyl (C=O) groups is 3. The van der Waals surface area contributed by atoms with Crippen LogP contribution in [0.1, 0.15) is 69.7 Å². The highest BCUT2D eigenvalue weighted by molar-refractivity contribution is 9.10. The van der Waals surface area contributed by atoms with Crippen LogP contribution in [0.3, 0.4) is 0 Å². The van der Waals surface area contributed by atoms with E-state index in [2.05, 4.69) is 169 Å². The number of fused-ring (bicyclic) bond motifs is 9. The Morgan fingerprint density at radius 1 is 0.550 bits per heavy atom. The first kappa shape index (κ1) is 74.8. The second kappa shape index (κ2) is 34.1. The normalized spacial score (nSPS) is 14.5. The number of aliphatic imine (C=N–C) groups is 1. The van der Waals surface area contributed by atoms with Crippen LogP contribution in [0.2, 0.25) is 10.0 Å². The van der Waals surface area contributed by atoms with E-state index in [1.165, 1.54) is 52.5 Å². The molecule has 111 heavy (non-hydrogen) atoms. The van der Waals surface area contributed by atoms with Crippen molar-refractivity contribution in [1.82, 2.24) is 78.3 Å². The lowest BCUT2D eigenvalue weighted by molar-refractivity contribution is 0.0951. The van der Waals surface area contributed by atoms with Gasteiger partial charge >= 0.3 is 12.1 Å². The lowest BCUT2D eigenvalue weighted by Gasteiger charge is -2.19. The molecule has 0 spiro atoms. The lowest BCUT2D eigenvalue weighted by atomic mass is 10.1. The van der Waals surface area contributed by atoms with Crippen LogP contribution < -0.4 is 41.9 Å².